The van der Waals surface area contributed by atoms with Crippen molar-refractivity contribution in [3.05, 3.63) is 58.7 Å². The molecule has 66 valence electrons. The molecule has 2 rings (SSSR count). The number of hydrogen-bond acceptors (Lipinski definition) is 0. The Balaban J connectivity index is 2.38. The van der Waals surface area contributed by atoms with Gasteiger partial charge in [0.1, 0.15) is 0 Å². The van der Waals surface area contributed by atoms with Crippen molar-refractivity contribution in [1.82, 2.24) is 0 Å². The summed E-state index contributed by atoms with van der Waals surface area (Å²) in [4.78, 5) is 0. The molecule has 0 saturated carbocycles. The first kappa shape index (κ1) is 8.31. The third kappa shape index (κ3) is 1.23. The fourth-order valence-corrected chi connectivity index (χ4v) is 1.81. The summed E-state index contributed by atoms with van der Waals surface area (Å²) >= 11 is 0. The van der Waals surface area contributed by atoms with Gasteiger partial charge in [-0.25, -0.2) is 0 Å². The molecule has 0 bridgehead atoms. The maximum absolute atomic E-state index is 4.03. The molecule has 0 heteroatoms. The Bertz CT molecular complexity index is 384. The van der Waals surface area contributed by atoms with Crippen LogP contribution in [0.1, 0.15) is 20.3 Å². The lowest BCUT2D eigenvalue weighted by Gasteiger charge is -2.04. The van der Waals surface area contributed by atoms with Crippen LogP contribution < -0.4 is 0 Å². The van der Waals surface area contributed by atoms with Crippen LogP contribution in [0.15, 0.2) is 58.7 Å². The van der Waals surface area contributed by atoms with Crippen LogP contribution in [0.5, 0.6) is 0 Å². The van der Waals surface area contributed by atoms with E-state index in [1.54, 1.807) is 0 Å². The van der Waals surface area contributed by atoms with E-state index in [2.05, 4.69) is 44.7 Å². The van der Waals surface area contributed by atoms with Crippen molar-refractivity contribution < 1.29 is 0 Å². The maximum atomic E-state index is 4.03. The highest BCUT2D eigenvalue weighted by Crippen LogP contribution is 2.35. The van der Waals surface area contributed by atoms with Crippen LogP contribution in [0.25, 0.3) is 0 Å². The van der Waals surface area contributed by atoms with E-state index in [1.807, 2.05) is 0 Å². The monoisotopic (exact) mass is 170 g/mol. The van der Waals surface area contributed by atoms with E-state index in [-0.39, 0.29) is 0 Å². The van der Waals surface area contributed by atoms with Crippen LogP contribution in [0.2, 0.25) is 0 Å². The summed E-state index contributed by atoms with van der Waals surface area (Å²) in [5.41, 5.74) is 6.70. The summed E-state index contributed by atoms with van der Waals surface area (Å²) in [5, 5.41) is 0. The molecule has 0 amide bonds. The quantitative estimate of drug-likeness (QED) is 0.562. The van der Waals surface area contributed by atoms with E-state index in [0.717, 1.165) is 6.42 Å². The van der Waals surface area contributed by atoms with Crippen LogP contribution in [-0.2, 0) is 0 Å². The SMILES string of the molecule is C=C1C=C(C2=CC=CC2)C(C)=C1C. The molecule has 0 aromatic carbocycles. The van der Waals surface area contributed by atoms with E-state index in [0.29, 0.717) is 0 Å². The first-order chi connectivity index (χ1) is 6.20. The molecule has 0 fully saturated rings. The summed E-state index contributed by atoms with van der Waals surface area (Å²) in [6.45, 7) is 8.35. The molecule has 0 aromatic rings. The predicted molar refractivity (Wildman–Crippen MR) is 57.4 cm³/mol. The molecule has 0 unspecified atom stereocenters. The third-order valence-electron chi connectivity index (χ3n) is 2.88. The van der Waals surface area contributed by atoms with Gasteiger partial charge in [0.2, 0.25) is 0 Å². The normalized spacial score (nSPS) is 21.2. The Morgan fingerprint density at radius 3 is 2.46 bits per heavy atom. The molecule has 13 heavy (non-hydrogen) atoms. The molecule has 0 radical (unpaired) electrons. The zero-order valence-electron chi connectivity index (χ0n) is 8.22. The Labute approximate surface area is 79.7 Å². The van der Waals surface area contributed by atoms with Gasteiger partial charge in [0, 0.05) is 0 Å². The summed E-state index contributed by atoms with van der Waals surface area (Å²) in [5.74, 6) is 0. The molecule has 0 heterocycles. The smallest absolute Gasteiger partial charge is 0.00883 e. The molecule has 0 saturated heterocycles. The van der Waals surface area contributed by atoms with Gasteiger partial charge in [-0.15, -0.1) is 0 Å². The van der Waals surface area contributed by atoms with E-state index in [4.69, 9.17) is 0 Å². The number of rotatable bonds is 1. The zero-order chi connectivity index (χ0) is 9.42. The summed E-state index contributed by atoms with van der Waals surface area (Å²) in [7, 11) is 0. The first-order valence-corrected chi connectivity index (χ1v) is 4.65. The fraction of sp³-hybridized carbons (Fsp3) is 0.231. The molecule has 0 aromatic heterocycles. The second-order valence-electron chi connectivity index (χ2n) is 3.66. The lowest BCUT2D eigenvalue weighted by atomic mass is 10.00. The summed E-state index contributed by atoms with van der Waals surface area (Å²) in [6.07, 6.45) is 9.79. The first-order valence-electron chi connectivity index (χ1n) is 4.65. The minimum atomic E-state index is 1.07. The minimum Gasteiger partial charge on any atom is -0.0915 e. The highest BCUT2D eigenvalue weighted by molar-refractivity contribution is 5.63. The maximum Gasteiger partial charge on any atom is -0.00883 e. The van der Waals surface area contributed by atoms with Gasteiger partial charge in [-0.1, -0.05) is 24.8 Å². The van der Waals surface area contributed by atoms with Gasteiger partial charge in [0.05, 0.1) is 0 Å². The topological polar surface area (TPSA) is 0 Å². The van der Waals surface area contributed by atoms with Crippen molar-refractivity contribution in [3.8, 4) is 0 Å². The van der Waals surface area contributed by atoms with E-state index in [9.17, 15) is 0 Å². The van der Waals surface area contributed by atoms with Crippen molar-refractivity contribution in [2.24, 2.45) is 0 Å². The van der Waals surface area contributed by atoms with Crippen molar-refractivity contribution in [1.29, 1.82) is 0 Å². The Kier molecular flexibility index (Phi) is 1.84. The van der Waals surface area contributed by atoms with Crippen LogP contribution in [0.4, 0.5) is 0 Å². The highest BCUT2D eigenvalue weighted by Gasteiger charge is 2.16. The van der Waals surface area contributed by atoms with Gasteiger partial charge in [0.25, 0.3) is 0 Å². The fourth-order valence-electron chi connectivity index (χ4n) is 1.81. The lowest BCUT2D eigenvalue weighted by Crippen LogP contribution is -1.86. The number of allylic oxidation sites excluding steroid dienone is 9. The van der Waals surface area contributed by atoms with Crippen LogP contribution >= 0.6 is 0 Å². The highest BCUT2D eigenvalue weighted by atomic mass is 14.2. The Hall–Kier alpha value is -1.30. The van der Waals surface area contributed by atoms with Gasteiger partial charge in [-0.05, 0) is 54.2 Å². The van der Waals surface area contributed by atoms with Crippen LogP contribution in [-0.4, -0.2) is 0 Å². The van der Waals surface area contributed by atoms with E-state index < -0.39 is 0 Å². The van der Waals surface area contributed by atoms with Crippen molar-refractivity contribution in [2.45, 2.75) is 20.3 Å². The van der Waals surface area contributed by atoms with Gasteiger partial charge in [-0.2, -0.15) is 0 Å². The minimum absolute atomic E-state index is 1.07. The third-order valence-corrected chi connectivity index (χ3v) is 2.88. The second-order valence-corrected chi connectivity index (χ2v) is 3.66. The van der Waals surface area contributed by atoms with Crippen molar-refractivity contribution in [3.63, 3.8) is 0 Å². The molecular formula is C13H14. The molecule has 0 spiro atoms. The van der Waals surface area contributed by atoms with Crippen LogP contribution in [0, 0.1) is 0 Å². The van der Waals surface area contributed by atoms with Crippen LogP contribution in [0.3, 0.4) is 0 Å². The molecule has 0 N–H and O–H groups in total. The van der Waals surface area contributed by atoms with Gasteiger partial charge in [-0.3, -0.25) is 0 Å². The largest absolute Gasteiger partial charge is 0.0915 e. The number of hydrogen-bond donors (Lipinski definition) is 0. The average Bonchev–Trinajstić information content (AvgIpc) is 2.70. The molecule has 0 nitrogen and oxygen atoms in total. The predicted octanol–water partition coefficient (Wildman–Crippen LogP) is 3.71. The molecule has 0 aliphatic heterocycles. The lowest BCUT2D eigenvalue weighted by molar-refractivity contribution is 1.24. The molecular weight excluding hydrogens is 156 g/mol. The van der Waals surface area contributed by atoms with Gasteiger partial charge >= 0.3 is 0 Å². The zero-order valence-corrected chi connectivity index (χ0v) is 8.22. The Morgan fingerprint density at radius 2 is 2.00 bits per heavy atom. The standard InChI is InChI=1S/C13H14/c1-9-8-13(11(3)10(9)2)12-6-4-5-7-12/h4-6,8H,1,7H2,2-3H3. The average molecular weight is 170 g/mol. The van der Waals surface area contributed by atoms with Crippen molar-refractivity contribution >= 4 is 0 Å². The summed E-state index contributed by atoms with van der Waals surface area (Å²) in [6, 6.07) is 0. The molecule has 2 aliphatic carbocycles. The molecule has 0 atom stereocenters. The van der Waals surface area contributed by atoms with Crippen molar-refractivity contribution in [2.75, 3.05) is 0 Å². The Morgan fingerprint density at radius 1 is 1.23 bits per heavy atom. The molecule has 2 aliphatic rings. The van der Waals surface area contributed by atoms with E-state index in [1.165, 1.54) is 27.9 Å². The van der Waals surface area contributed by atoms with Gasteiger partial charge < -0.3 is 0 Å². The van der Waals surface area contributed by atoms with E-state index >= 15 is 0 Å². The van der Waals surface area contributed by atoms with Gasteiger partial charge in [0.15, 0.2) is 0 Å². The summed E-state index contributed by atoms with van der Waals surface area (Å²) < 4.78 is 0. The second kappa shape index (κ2) is 2.88.